The highest BCUT2D eigenvalue weighted by Crippen LogP contribution is 2.25. The molecule has 2 rings (SSSR count). The number of aryl methyl sites for hydroxylation is 2. The lowest BCUT2D eigenvalue weighted by atomic mass is 10.1. The van der Waals surface area contributed by atoms with Crippen LogP contribution in [0.15, 0.2) is 18.3 Å². The highest BCUT2D eigenvalue weighted by molar-refractivity contribution is 5.36. The van der Waals surface area contributed by atoms with E-state index in [2.05, 4.69) is 41.3 Å². The van der Waals surface area contributed by atoms with Crippen molar-refractivity contribution in [3.05, 3.63) is 35.3 Å². The van der Waals surface area contributed by atoms with Gasteiger partial charge in [-0.1, -0.05) is 0 Å². The highest BCUT2D eigenvalue weighted by Gasteiger charge is 2.13. The molecule has 0 aliphatic rings. The van der Waals surface area contributed by atoms with Gasteiger partial charge in [-0.3, -0.25) is 10.1 Å². The van der Waals surface area contributed by atoms with Crippen molar-refractivity contribution in [1.29, 1.82) is 0 Å². The maximum atomic E-state index is 5.85. The van der Waals surface area contributed by atoms with E-state index in [4.69, 9.17) is 4.74 Å². The van der Waals surface area contributed by atoms with Gasteiger partial charge >= 0.3 is 0 Å². The molecule has 0 saturated heterocycles. The van der Waals surface area contributed by atoms with Gasteiger partial charge in [0.05, 0.1) is 0 Å². The summed E-state index contributed by atoms with van der Waals surface area (Å²) in [7, 11) is 0. The van der Waals surface area contributed by atoms with Crippen molar-refractivity contribution in [1.82, 2.24) is 20.5 Å². The fourth-order valence-electron chi connectivity index (χ4n) is 1.71. The predicted octanol–water partition coefficient (Wildman–Crippen LogP) is 3.10. The van der Waals surface area contributed by atoms with Crippen LogP contribution in [0.25, 0.3) is 0 Å². The third kappa shape index (κ3) is 4.06. The summed E-state index contributed by atoms with van der Waals surface area (Å²) >= 11 is 0. The Morgan fingerprint density at radius 2 is 2.00 bits per heavy atom. The van der Waals surface area contributed by atoms with Gasteiger partial charge < -0.3 is 10.1 Å². The molecule has 0 radical (unpaired) electrons. The second-order valence-corrected chi connectivity index (χ2v) is 6.03. The lowest BCUT2D eigenvalue weighted by Crippen LogP contribution is -2.35. The van der Waals surface area contributed by atoms with E-state index < -0.39 is 0 Å². The number of hydrogen-bond donors (Lipinski definition) is 2. The molecule has 0 bridgehead atoms. The van der Waals surface area contributed by atoms with Gasteiger partial charge in [-0.05, 0) is 34.6 Å². The Bertz CT molecular complexity index is 584. The predicted molar refractivity (Wildman–Crippen MR) is 79.0 cm³/mol. The quantitative estimate of drug-likeness (QED) is 0.899. The Hall–Kier alpha value is -1.88. The second-order valence-electron chi connectivity index (χ2n) is 6.03. The first-order valence-electron chi connectivity index (χ1n) is 6.74. The van der Waals surface area contributed by atoms with Gasteiger partial charge in [-0.15, -0.1) is 5.10 Å². The van der Waals surface area contributed by atoms with Gasteiger partial charge in [-0.25, -0.2) is 0 Å². The number of H-pyrrole nitrogens is 1. The van der Waals surface area contributed by atoms with E-state index in [0.717, 1.165) is 22.7 Å². The molecule has 0 aliphatic heterocycles. The molecule has 0 saturated carbocycles. The molecule has 0 amide bonds. The number of rotatable bonds is 4. The fourth-order valence-corrected chi connectivity index (χ4v) is 1.71. The summed E-state index contributed by atoms with van der Waals surface area (Å²) in [6.07, 6.45) is 1.85. The third-order valence-corrected chi connectivity index (χ3v) is 2.79. The average Bonchev–Trinajstić information content (AvgIpc) is 2.72. The smallest absolute Gasteiger partial charge is 0.238 e. The van der Waals surface area contributed by atoms with Crippen LogP contribution in [0.2, 0.25) is 0 Å². The molecule has 0 unspecified atom stereocenters. The van der Waals surface area contributed by atoms with Crippen molar-refractivity contribution in [3.63, 3.8) is 0 Å². The van der Waals surface area contributed by atoms with Crippen LogP contribution in [-0.4, -0.2) is 20.7 Å². The van der Waals surface area contributed by atoms with Crippen LogP contribution in [0.4, 0.5) is 0 Å². The molecule has 0 atom stereocenters. The maximum absolute atomic E-state index is 5.85. The minimum absolute atomic E-state index is 0.0467. The number of nitrogens with zero attached hydrogens (tertiary/aromatic N) is 2. The summed E-state index contributed by atoms with van der Waals surface area (Å²) in [5.74, 6) is 1.37. The zero-order chi connectivity index (χ0) is 14.8. The van der Waals surface area contributed by atoms with Crippen molar-refractivity contribution < 1.29 is 4.74 Å². The van der Waals surface area contributed by atoms with Gasteiger partial charge in [-0.2, -0.15) is 0 Å². The number of aromatic nitrogens is 3. The Kier molecular flexibility index (Phi) is 4.09. The van der Waals surface area contributed by atoms with Crippen molar-refractivity contribution in [3.8, 4) is 11.6 Å². The lowest BCUT2D eigenvalue weighted by molar-refractivity contribution is 0.410. The number of pyridine rings is 1. The number of nitrogens with one attached hydrogen (secondary N) is 2. The summed E-state index contributed by atoms with van der Waals surface area (Å²) in [6.45, 7) is 11.0. The topological polar surface area (TPSA) is 62.8 Å². The van der Waals surface area contributed by atoms with Crippen LogP contribution < -0.4 is 10.1 Å². The molecule has 2 aromatic rings. The molecule has 20 heavy (non-hydrogen) atoms. The summed E-state index contributed by atoms with van der Waals surface area (Å²) in [5, 5.41) is 10.4. The molecule has 0 aliphatic carbocycles. The Morgan fingerprint density at radius 3 is 2.60 bits per heavy atom. The van der Waals surface area contributed by atoms with Crippen LogP contribution in [0, 0.1) is 13.8 Å². The van der Waals surface area contributed by atoms with Crippen molar-refractivity contribution in [2.75, 3.05) is 0 Å². The van der Waals surface area contributed by atoms with Gasteiger partial charge in [0.15, 0.2) is 0 Å². The summed E-state index contributed by atoms with van der Waals surface area (Å²) in [5.41, 5.74) is 2.96. The van der Waals surface area contributed by atoms with E-state index in [0.29, 0.717) is 12.4 Å². The molecule has 0 fully saturated rings. The summed E-state index contributed by atoms with van der Waals surface area (Å²) in [4.78, 5) is 4.34. The monoisotopic (exact) mass is 274 g/mol. The van der Waals surface area contributed by atoms with Crippen molar-refractivity contribution in [2.24, 2.45) is 0 Å². The first kappa shape index (κ1) is 14.5. The average molecular weight is 274 g/mol. The SMILES string of the molecule is Cc1cc(Oc2cc(C)[nH]n2)c(CNC(C)(C)C)cn1. The minimum Gasteiger partial charge on any atom is -0.437 e. The maximum Gasteiger partial charge on any atom is 0.238 e. The summed E-state index contributed by atoms with van der Waals surface area (Å²) in [6, 6.07) is 3.81. The van der Waals surface area contributed by atoms with E-state index in [9.17, 15) is 0 Å². The molecule has 2 aromatic heterocycles. The van der Waals surface area contributed by atoms with Crippen LogP contribution in [0.1, 0.15) is 37.7 Å². The third-order valence-electron chi connectivity index (χ3n) is 2.79. The lowest BCUT2D eigenvalue weighted by Gasteiger charge is -2.21. The molecular formula is C15H22N4O. The zero-order valence-electron chi connectivity index (χ0n) is 12.7. The van der Waals surface area contributed by atoms with Gasteiger partial charge in [0, 0.05) is 47.4 Å². The van der Waals surface area contributed by atoms with E-state index in [1.807, 2.05) is 32.2 Å². The molecule has 0 aromatic carbocycles. The number of aromatic amines is 1. The first-order valence-corrected chi connectivity index (χ1v) is 6.74. The highest BCUT2D eigenvalue weighted by atomic mass is 16.5. The molecule has 5 nitrogen and oxygen atoms in total. The molecular weight excluding hydrogens is 252 g/mol. The van der Waals surface area contributed by atoms with Crippen molar-refractivity contribution >= 4 is 0 Å². The van der Waals surface area contributed by atoms with Crippen molar-refractivity contribution in [2.45, 2.75) is 46.7 Å². The minimum atomic E-state index is 0.0467. The second kappa shape index (κ2) is 5.63. The zero-order valence-corrected chi connectivity index (χ0v) is 12.7. The van der Waals surface area contributed by atoms with Crippen LogP contribution in [0.5, 0.6) is 11.6 Å². The normalized spacial score (nSPS) is 11.7. The van der Waals surface area contributed by atoms with Gasteiger partial charge in [0.1, 0.15) is 5.75 Å². The van der Waals surface area contributed by atoms with Crippen LogP contribution in [0.3, 0.4) is 0 Å². The molecule has 0 spiro atoms. The Balaban J connectivity index is 2.19. The molecule has 2 heterocycles. The van der Waals surface area contributed by atoms with Gasteiger partial charge in [0.25, 0.3) is 0 Å². The Morgan fingerprint density at radius 1 is 1.25 bits per heavy atom. The van der Waals surface area contributed by atoms with Gasteiger partial charge in [0.2, 0.25) is 5.88 Å². The number of hydrogen-bond acceptors (Lipinski definition) is 4. The molecule has 2 N–H and O–H groups in total. The Labute approximate surface area is 119 Å². The first-order chi connectivity index (χ1) is 9.33. The van der Waals surface area contributed by atoms with E-state index in [1.54, 1.807) is 0 Å². The van der Waals surface area contributed by atoms with E-state index in [1.165, 1.54) is 0 Å². The fraction of sp³-hybridized carbons (Fsp3) is 0.467. The summed E-state index contributed by atoms with van der Waals surface area (Å²) < 4.78 is 5.85. The van der Waals surface area contributed by atoms with Crippen LogP contribution >= 0.6 is 0 Å². The molecule has 108 valence electrons. The largest absolute Gasteiger partial charge is 0.437 e. The van der Waals surface area contributed by atoms with E-state index >= 15 is 0 Å². The number of ether oxygens (including phenoxy) is 1. The van der Waals surface area contributed by atoms with E-state index in [-0.39, 0.29) is 5.54 Å². The molecule has 5 heteroatoms. The van der Waals surface area contributed by atoms with Crippen LogP contribution in [-0.2, 0) is 6.54 Å². The standard InChI is InChI=1S/C15H22N4O/c1-10-6-13(20-14-7-11(2)18-19-14)12(8-16-10)9-17-15(3,4)5/h6-8,17H,9H2,1-5H3,(H,18,19).